The molecule has 0 amide bonds. The zero-order chi connectivity index (χ0) is 15.0. The van der Waals surface area contributed by atoms with Gasteiger partial charge in [-0.05, 0) is 17.7 Å². The molecule has 21 heavy (non-hydrogen) atoms. The first kappa shape index (κ1) is 13.0. The van der Waals surface area contributed by atoms with E-state index >= 15 is 0 Å². The molecule has 108 valence electrons. The van der Waals surface area contributed by atoms with Crippen LogP contribution in [0.2, 0.25) is 0 Å². The molecule has 1 aromatic carbocycles. The van der Waals surface area contributed by atoms with Crippen LogP contribution in [0.4, 0.5) is 0 Å². The van der Waals surface area contributed by atoms with Crippen LogP contribution >= 0.6 is 0 Å². The third-order valence-electron chi connectivity index (χ3n) is 3.24. The summed E-state index contributed by atoms with van der Waals surface area (Å²) in [6.45, 7) is 0. The van der Waals surface area contributed by atoms with Crippen molar-refractivity contribution in [2.45, 2.75) is 6.42 Å². The number of benzene rings is 1. The number of aromatic hydroxyl groups is 1. The maximum Gasteiger partial charge on any atom is 0.419 e. The van der Waals surface area contributed by atoms with E-state index in [0.717, 1.165) is 16.5 Å². The molecule has 0 saturated heterocycles. The van der Waals surface area contributed by atoms with Crippen molar-refractivity contribution in [1.82, 2.24) is 9.97 Å². The highest BCUT2D eigenvalue weighted by Gasteiger charge is 2.14. The molecule has 0 aliphatic carbocycles. The molecule has 0 atom stereocenters. The Morgan fingerprint density at radius 1 is 1.43 bits per heavy atom. The van der Waals surface area contributed by atoms with Crippen LogP contribution in [0, 0.1) is 0 Å². The second kappa shape index (κ2) is 4.86. The second-order valence-corrected chi connectivity index (χ2v) is 4.53. The maximum atomic E-state index is 11.5. The fourth-order valence-corrected chi connectivity index (χ4v) is 2.22. The monoisotopic (exact) mass is 288 g/mol. The number of aromatic nitrogens is 2. The van der Waals surface area contributed by atoms with Gasteiger partial charge in [0.25, 0.3) is 0 Å². The summed E-state index contributed by atoms with van der Waals surface area (Å²) in [5.41, 5.74) is 2.03. The molecule has 2 aromatic heterocycles. The highest BCUT2D eigenvalue weighted by Crippen LogP contribution is 2.24. The first-order chi connectivity index (χ1) is 10.1. The summed E-state index contributed by atoms with van der Waals surface area (Å²) in [4.78, 5) is 27.7. The van der Waals surface area contributed by atoms with Crippen LogP contribution in [-0.2, 0) is 11.2 Å². The van der Waals surface area contributed by atoms with Gasteiger partial charge >= 0.3 is 11.7 Å². The number of nitrogens with one attached hydrogen (secondary N) is 2. The third-order valence-corrected chi connectivity index (χ3v) is 3.24. The van der Waals surface area contributed by atoms with E-state index in [1.807, 2.05) is 0 Å². The largest absolute Gasteiger partial charge is 0.492 e. The van der Waals surface area contributed by atoms with Gasteiger partial charge in [-0.1, -0.05) is 6.07 Å². The lowest BCUT2D eigenvalue weighted by molar-refractivity contribution is 0.0601. The van der Waals surface area contributed by atoms with Crippen molar-refractivity contribution >= 4 is 16.9 Å². The molecule has 0 saturated carbocycles. The van der Waals surface area contributed by atoms with E-state index in [2.05, 4.69) is 14.7 Å². The van der Waals surface area contributed by atoms with Crippen LogP contribution in [0.3, 0.4) is 0 Å². The van der Waals surface area contributed by atoms with Crippen molar-refractivity contribution in [3.8, 4) is 5.88 Å². The van der Waals surface area contributed by atoms with E-state index in [9.17, 15) is 14.7 Å². The predicted molar refractivity (Wildman–Crippen MR) is 73.4 cm³/mol. The molecule has 2 heterocycles. The second-order valence-electron chi connectivity index (χ2n) is 4.53. The van der Waals surface area contributed by atoms with Gasteiger partial charge in [-0.15, -0.1) is 0 Å². The number of carbonyl (C=O) groups excluding carboxylic acids is 1. The Labute approximate surface area is 118 Å². The molecule has 3 rings (SSSR count). The van der Waals surface area contributed by atoms with Gasteiger partial charge in [0, 0.05) is 23.5 Å². The Kier molecular flexibility index (Phi) is 3.02. The topological polar surface area (TPSA) is 108 Å². The molecule has 0 aliphatic heterocycles. The molecule has 3 N–H and O–H groups in total. The van der Waals surface area contributed by atoms with Crippen molar-refractivity contribution in [3.05, 3.63) is 51.8 Å². The van der Waals surface area contributed by atoms with Crippen LogP contribution in [-0.4, -0.2) is 28.2 Å². The molecule has 0 bridgehead atoms. The van der Waals surface area contributed by atoms with Crippen molar-refractivity contribution < 1.29 is 19.1 Å². The number of hydrogen-bond donors (Lipinski definition) is 3. The van der Waals surface area contributed by atoms with Gasteiger partial charge in [-0.2, -0.15) is 0 Å². The Balaban J connectivity index is 1.99. The zero-order valence-corrected chi connectivity index (χ0v) is 11.1. The molecule has 7 nitrogen and oxygen atoms in total. The predicted octanol–water partition coefficient (Wildman–Crippen LogP) is 1.53. The minimum atomic E-state index is -0.699. The van der Waals surface area contributed by atoms with Gasteiger partial charge in [-0.25, -0.2) is 9.59 Å². The minimum Gasteiger partial charge on any atom is -0.492 e. The minimum absolute atomic E-state index is 0.165. The summed E-state index contributed by atoms with van der Waals surface area (Å²) in [6.07, 6.45) is 1.99. The Morgan fingerprint density at radius 2 is 2.24 bits per heavy atom. The summed E-state index contributed by atoms with van der Waals surface area (Å²) in [5, 5.41) is 10.4. The Bertz CT molecular complexity index is 871. The quantitative estimate of drug-likeness (QED) is 0.633. The molecular formula is C14H12N2O5. The number of carbonyl (C=O) groups is 1. The fraction of sp³-hybridized carbons (Fsp3) is 0.143. The van der Waals surface area contributed by atoms with Gasteiger partial charge < -0.3 is 19.2 Å². The Hall–Kier alpha value is -2.96. The summed E-state index contributed by atoms with van der Waals surface area (Å²) >= 11 is 0. The Morgan fingerprint density at radius 3 is 2.90 bits per heavy atom. The lowest BCUT2D eigenvalue weighted by Crippen LogP contribution is -2.00. The maximum absolute atomic E-state index is 11.5. The van der Waals surface area contributed by atoms with Crippen LogP contribution < -0.4 is 5.76 Å². The van der Waals surface area contributed by atoms with E-state index in [1.165, 1.54) is 7.11 Å². The number of rotatable bonds is 3. The number of methoxy groups -OCH3 is 1. The standard InChI is InChI=1S/C14H12N2O5/c1-20-13(18)7-2-3-9-8(6-15-10(9)4-7)5-11-12(17)16-14(19)21-11/h2-4,6,15,17H,5H2,1H3,(H,16,19). The highest BCUT2D eigenvalue weighted by atomic mass is 16.5. The van der Waals surface area contributed by atoms with Gasteiger partial charge in [-0.3, -0.25) is 4.98 Å². The average Bonchev–Trinajstić information content (AvgIpc) is 3.01. The number of esters is 1. The first-order valence-electron chi connectivity index (χ1n) is 6.17. The van der Waals surface area contributed by atoms with Crippen molar-refractivity contribution in [2.75, 3.05) is 7.11 Å². The van der Waals surface area contributed by atoms with Crippen LogP contribution in [0.1, 0.15) is 21.7 Å². The third kappa shape index (κ3) is 2.29. The smallest absolute Gasteiger partial charge is 0.419 e. The van der Waals surface area contributed by atoms with Crippen molar-refractivity contribution in [3.63, 3.8) is 0 Å². The van der Waals surface area contributed by atoms with Crippen molar-refractivity contribution in [1.29, 1.82) is 0 Å². The average molecular weight is 288 g/mol. The van der Waals surface area contributed by atoms with Gasteiger partial charge in [0.1, 0.15) is 0 Å². The molecule has 3 aromatic rings. The molecular weight excluding hydrogens is 276 g/mol. The van der Waals surface area contributed by atoms with Crippen molar-refractivity contribution in [2.24, 2.45) is 0 Å². The molecule has 0 unspecified atom stereocenters. The van der Waals surface area contributed by atoms with Crippen LogP contribution in [0.25, 0.3) is 10.9 Å². The lowest BCUT2D eigenvalue weighted by atomic mass is 10.1. The number of hydrogen-bond acceptors (Lipinski definition) is 5. The number of fused-ring (bicyclic) bond motifs is 1. The van der Waals surface area contributed by atoms with Crippen LogP contribution in [0.15, 0.2) is 33.6 Å². The normalized spacial score (nSPS) is 10.9. The number of aromatic amines is 2. The molecule has 0 radical (unpaired) electrons. The van der Waals surface area contributed by atoms with E-state index in [0.29, 0.717) is 5.56 Å². The number of ether oxygens (including phenoxy) is 1. The lowest BCUT2D eigenvalue weighted by Gasteiger charge is -2.00. The zero-order valence-electron chi connectivity index (χ0n) is 11.1. The molecule has 0 fully saturated rings. The molecule has 0 aliphatic rings. The van der Waals surface area contributed by atoms with E-state index in [4.69, 9.17) is 4.42 Å². The number of H-pyrrole nitrogens is 2. The van der Waals surface area contributed by atoms with Gasteiger partial charge in [0.05, 0.1) is 12.7 Å². The SMILES string of the molecule is COC(=O)c1ccc2c(Cc3oc(=O)[nH]c3O)c[nH]c2c1. The van der Waals surface area contributed by atoms with Gasteiger partial charge in [0.15, 0.2) is 5.76 Å². The summed E-state index contributed by atoms with van der Waals surface area (Å²) in [7, 11) is 1.32. The molecule has 0 spiro atoms. The van der Waals surface area contributed by atoms with Gasteiger partial charge in [0.2, 0.25) is 5.88 Å². The van der Waals surface area contributed by atoms with E-state index < -0.39 is 11.7 Å². The first-order valence-corrected chi connectivity index (χ1v) is 6.17. The number of oxazole rings is 1. The highest BCUT2D eigenvalue weighted by molar-refractivity contribution is 5.95. The van der Waals surface area contributed by atoms with E-state index in [1.54, 1.807) is 24.4 Å². The fourth-order valence-electron chi connectivity index (χ4n) is 2.22. The summed E-state index contributed by atoms with van der Waals surface area (Å²) < 4.78 is 9.53. The summed E-state index contributed by atoms with van der Waals surface area (Å²) in [6, 6.07) is 5.10. The van der Waals surface area contributed by atoms with E-state index in [-0.39, 0.29) is 18.1 Å². The summed E-state index contributed by atoms with van der Waals surface area (Å²) in [5.74, 6) is -1.23. The molecule has 7 heteroatoms. The van der Waals surface area contributed by atoms with Crippen LogP contribution in [0.5, 0.6) is 5.88 Å².